The lowest BCUT2D eigenvalue weighted by atomic mass is 10.2. The van der Waals surface area contributed by atoms with Crippen LogP contribution < -0.4 is 5.32 Å². The van der Waals surface area contributed by atoms with Gasteiger partial charge in [0.15, 0.2) is 0 Å². The minimum absolute atomic E-state index is 0.0157. The first-order valence-corrected chi connectivity index (χ1v) is 7.88. The van der Waals surface area contributed by atoms with E-state index in [1.54, 1.807) is 11.8 Å². The van der Waals surface area contributed by atoms with Crippen LogP contribution in [0.15, 0.2) is 0 Å². The molecule has 1 aliphatic heterocycles. The van der Waals surface area contributed by atoms with Crippen molar-refractivity contribution in [2.45, 2.75) is 39.7 Å². The Bertz CT molecular complexity index is 330. The molecule has 2 amide bonds. The third-order valence-corrected chi connectivity index (χ3v) is 3.86. The molecule has 1 unspecified atom stereocenters. The van der Waals surface area contributed by atoms with E-state index in [2.05, 4.69) is 10.2 Å². The van der Waals surface area contributed by atoms with Crippen molar-refractivity contribution < 1.29 is 14.3 Å². The number of nitrogens with one attached hydrogen (secondary N) is 1. The molecule has 21 heavy (non-hydrogen) atoms. The summed E-state index contributed by atoms with van der Waals surface area (Å²) in [7, 11) is 0. The molecule has 0 bridgehead atoms. The Balaban J connectivity index is 2.29. The number of ether oxygens (including phenoxy) is 1. The summed E-state index contributed by atoms with van der Waals surface area (Å²) in [6, 6.07) is 0.191. The lowest BCUT2D eigenvalue weighted by Gasteiger charge is -2.29. The molecule has 1 fully saturated rings. The molecule has 0 aliphatic carbocycles. The molecule has 1 rings (SSSR count). The monoisotopic (exact) mass is 299 g/mol. The summed E-state index contributed by atoms with van der Waals surface area (Å²) < 4.78 is 5.31. The van der Waals surface area contributed by atoms with Crippen LogP contribution in [-0.4, -0.2) is 73.6 Å². The lowest BCUT2D eigenvalue weighted by Crippen LogP contribution is -2.43. The standard InChI is InChI=1S/C15H29N3O3/c1-4-13(2)16-15(20)5-6-18(14(3)19)8-7-17-9-11-21-12-10-17/h13H,4-12H2,1-3H3,(H,16,20). The van der Waals surface area contributed by atoms with Crippen LogP contribution in [0, 0.1) is 0 Å². The number of hydrogen-bond donors (Lipinski definition) is 1. The number of hydrogen-bond acceptors (Lipinski definition) is 4. The fourth-order valence-electron chi connectivity index (χ4n) is 2.20. The van der Waals surface area contributed by atoms with Crippen molar-refractivity contribution in [2.75, 3.05) is 45.9 Å². The van der Waals surface area contributed by atoms with E-state index >= 15 is 0 Å². The molecule has 122 valence electrons. The zero-order valence-corrected chi connectivity index (χ0v) is 13.6. The molecule has 0 radical (unpaired) electrons. The smallest absolute Gasteiger partial charge is 0.221 e. The van der Waals surface area contributed by atoms with Crippen LogP contribution in [-0.2, 0) is 14.3 Å². The Morgan fingerprint density at radius 2 is 1.95 bits per heavy atom. The van der Waals surface area contributed by atoms with Crippen LogP contribution in [0.5, 0.6) is 0 Å². The quantitative estimate of drug-likeness (QED) is 0.708. The van der Waals surface area contributed by atoms with E-state index in [1.165, 1.54) is 0 Å². The third kappa shape index (κ3) is 7.43. The Morgan fingerprint density at radius 3 is 2.52 bits per heavy atom. The fraction of sp³-hybridized carbons (Fsp3) is 0.867. The maximum Gasteiger partial charge on any atom is 0.221 e. The molecule has 6 heteroatoms. The highest BCUT2D eigenvalue weighted by Crippen LogP contribution is 2.00. The van der Waals surface area contributed by atoms with Gasteiger partial charge in [-0.2, -0.15) is 0 Å². The molecule has 0 spiro atoms. The second-order valence-electron chi connectivity index (χ2n) is 5.59. The largest absolute Gasteiger partial charge is 0.379 e. The molecule has 0 aromatic heterocycles. The van der Waals surface area contributed by atoms with E-state index < -0.39 is 0 Å². The average molecular weight is 299 g/mol. The number of nitrogens with zero attached hydrogens (tertiary/aromatic N) is 2. The van der Waals surface area contributed by atoms with E-state index in [0.717, 1.165) is 39.3 Å². The molecule has 1 heterocycles. The van der Waals surface area contributed by atoms with Crippen molar-refractivity contribution in [3.8, 4) is 0 Å². The van der Waals surface area contributed by atoms with Crippen LogP contribution in [0.4, 0.5) is 0 Å². The van der Waals surface area contributed by atoms with Gasteiger partial charge in [0.25, 0.3) is 0 Å². The fourth-order valence-corrected chi connectivity index (χ4v) is 2.20. The first kappa shape index (κ1) is 17.9. The molecule has 1 atom stereocenters. The predicted octanol–water partition coefficient (Wildman–Crippen LogP) is 0.472. The second kappa shape index (κ2) is 9.73. The number of amides is 2. The van der Waals surface area contributed by atoms with Crippen molar-refractivity contribution in [1.29, 1.82) is 0 Å². The topological polar surface area (TPSA) is 61.9 Å². The molecule has 1 saturated heterocycles. The van der Waals surface area contributed by atoms with Gasteiger partial charge >= 0.3 is 0 Å². The predicted molar refractivity (Wildman–Crippen MR) is 82.0 cm³/mol. The number of rotatable bonds is 8. The van der Waals surface area contributed by atoms with Crippen molar-refractivity contribution >= 4 is 11.8 Å². The zero-order valence-electron chi connectivity index (χ0n) is 13.6. The van der Waals surface area contributed by atoms with Gasteiger partial charge in [0.2, 0.25) is 11.8 Å². The van der Waals surface area contributed by atoms with Gasteiger partial charge in [-0.15, -0.1) is 0 Å². The van der Waals surface area contributed by atoms with Crippen LogP contribution in [0.3, 0.4) is 0 Å². The van der Waals surface area contributed by atoms with Crippen molar-refractivity contribution in [3.63, 3.8) is 0 Å². The second-order valence-corrected chi connectivity index (χ2v) is 5.59. The molecular formula is C15H29N3O3. The summed E-state index contributed by atoms with van der Waals surface area (Å²) in [5.41, 5.74) is 0. The van der Waals surface area contributed by atoms with E-state index in [-0.39, 0.29) is 17.9 Å². The van der Waals surface area contributed by atoms with E-state index in [1.807, 2.05) is 13.8 Å². The summed E-state index contributed by atoms with van der Waals surface area (Å²) in [5, 5.41) is 2.93. The maximum atomic E-state index is 11.8. The van der Waals surface area contributed by atoms with Gasteiger partial charge in [-0.05, 0) is 13.3 Å². The number of carbonyl (C=O) groups excluding carboxylic acids is 2. The molecular weight excluding hydrogens is 270 g/mol. The van der Waals surface area contributed by atoms with Gasteiger partial charge in [-0.1, -0.05) is 6.92 Å². The zero-order chi connectivity index (χ0) is 15.7. The highest BCUT2D eigenvalue weighted by molar-refractivity contribution is 5.78. The molecule has 1 aliphatic rings. The first-order chi connectivity index (χ1) is 10.0. The van der Waals surface area contributed by atoms with Gasteiger partial charge in [0.1, 0.15) is 0 Å². The van der Waals surface area contributed by atoms with Gasteiger partial charge in [0.05, 0.1) is 13.2 Å². The third-order valence-electron chi connectivity index (χ3n) is 3.86. The molecule has 6 nitrogen and oxygen atoms in total. The van der Waals surface area contributed by atoms with Crippen LogP contribution in [0.25, 0.3) is 0 Å². The number of carbonyl (C=O) groups is 2. The summed E-state index contributed by atoms with van der Waals surface area (Å²) in [6.07, 6.45) is 1.28. The van der Waals surface area contributed by atoms with Gasteiger partial charge in [-0.3, -0.25) is 14.5 Å². The Hall–Kier alpha value is -1.14. The Kier molecular flexibility index (Phi) is 8.30. The minimum Gasteiger partial charge on any atom is -0.379 e. The summed E-state index contributed by atoms with van der Waals surface area (Å²) >= 11 is 0. The van der Waals surface area contributed by atoms with E-state index in [9.17, 15) is 9.59 Å². The molecule has 0 aromatic rings. The Labute approximate surface area is 127 Å². The molecule has 0 aromatic carbocycles. The summed E-state index contributed by atoms with van der Waals surface area (Å²) in [4.78, 5) is 27.5. The van der Waals surface area contributed by atoms with E-state index in [0.29, 0.717) is 19.5 Å². The van der Waals surface area contributed by atoms with Crippen molar-refractivity contribution in [1.82, 2.24) is 15.1 Å². The van der Waals surface area contributed by atoms with Crippen molar-refractivity contribution in [2.24, 2.45) is 0 Å². The Morgan fingerprint density at radius 1 is 1.29 bits per heavy atom. The molecule has 0 saturated carbocycles. The highest BCUT2D eigenvalue weighted by atomic mass is 16.5. The minimum atomic E-state index is 0.0157. The lowest BCUT2D eigenvalue weighted by molar-refractivity contribution is -0.130. The number of morpholine rings is 1. The normalized spacial score (nSPS) is 17.3. The SMILES string of the molecule is CCC(C)NC(=O)CCN(CCN1CCOCC1)C(C)=O. The summed E-state index contributed by atoms with van der Waals surface area (Å²) in [5.74, 6) is 0.0431. The molecule has 1 N–H and O–H groups in total. The van der Waals surface area contributed by atoms with E-state index in [4.69, 9.17) is 4.74 Å². The van der Waals surface area contributed by atoms with Crippen molar-refractivity contribution in [3.05, 3.63) is 0 Å². The van der Waals surface area contributed by atoms with Gasteiger partial charge < -0.3 is 15.0 Å². The van der Waals surface area contributed by atoms with Crippen LogP contribution >= 0.6 is 0 Å². The average Bonchev–Trinajstić information content (AvgIpc) is 2.47. The van der Waals surface area contributed by atoms with Gasteiger partial charge in [-0.25, -0.2) is 0 Å². The highest BCUT2D eigenvalue weighted by Gasteiger charge is 2.15. The van der Waals surface area contributed by atoms with Crippen LogP contribution in [0.1, 0.15) is 33.6 Å². The first-order valence-electron chi connectivity index (χ1n) is 7.88. The summed E-state index contributed by atoms with van der Waals surface area (Å²) in [6.45, 7) is 10.9. The van der Waals surface area contributed by atoms with Crippen LogP contribution in [0.2, 0.25) is 0 Å². The van der Waals surface area contributed by atoms with Gasteiger partial charge in [0, 0.05) is 52.1 Å². The maximum absolute atomic E-state index is 11.8.